The third kappa shape index (κ3) is 3.81. The fourth-order valence-electron chi connectivity index (χ4n) is 2.63. The van der Waals surface area contributed by atoms with Gasteiger partial charge in [-0.3, -0.25) is 0 Å². The summed E-state index contributed by atoms with van der Waals surface area (Å²) in [5, 5.41) is 0. The van der Waals surface area contributed by atoms with Crippen molar-refractivity contribution in [2.45, 2.75) is 20.8 Å². The summed E-state index contributed by atoms with van der Waals surface area (Å²) < 4.78 is 15.1. The number of carbonyl (C=O) groups excluding carboxylic acids is 1. The van der Waals surface area contributed by atoms with Crippen LogP contribution in [0.2, 0.25) is 0 Å². The topological polar surface area (TPSA) is 43.4 Å². The predicted octanol–water partition coefficient (Wildman–Crippen LogP) is 1.76. The van der Waals surface area contributed by atoms with Crippen molar-refractivity contribution >= 4 is 14.7 Å². The molecule has 0 aliphatic carbocycles. The average molecular weight is 310 g/mol. The maximum Gasteiger partial charge on any atom is 1.00 e. The molecule has 0 spiro atoms. The molecule has 5 heteroatoms. The number of carbonyl (C=O) groups is 1. The Morgan fingerprint density at radius 1 is 1.10 bits per heavy atom. The Hall–Kier alpha value is -0.990. The number of rotatable bonds is 3. The van der Waals surface area contributed by atoms with E-state index in [4.69, 9.17) is 0 Å². The van der Waals surface area contributed by atoms with Gasteiger partial charge in [-0.15, -0.1) is 0 Å². The van der Waals surface area contributed by atoms with Gasteiger partial charge in [-0.05, 0) is 48.6 Å². The van der Waals surface area contributed by atoms with Crippen LogP contribution in [0.5, 0.6) is 0 Å². The van der Waals surface area contributed by atoms with E-state index in [0.29, 0.717) is 5.56 Å². The van der Waals surface area contributed by atoms with Crippen molar-refractivity contribution in [3.05, 3.63) is 58.7 Å². The molecule has 2 aromatic rings. The average Bonchev–Trinajstić information content (AvgIpc) is 2.39. The molecule has 104 valence electrons. The van der Waals surface area contributed by atoms with Crippen LogP contribution in [0, 0.1) is 20.8 Å². The minimum Gasteiger partial charge on any atom is -1.00 e. The van der Waals surface area contributed by atoms with Gasteiger partial charge >= 0.3 is 44.2 Å². The first-order valence-corrected chi connectivity index (χ1v) is 6.99. The summed E-state index contributed by atoms with van der Waals surface area (Å²) >= 11 is 0. The molecule has 2 aromatic carbocycles. The SMILES string of the molecule is Cc1cc(C)c(-c2ccccc2)c(C)c1C(=O)OP=O.[H-].[Na+]. The zero-order valence-corrected chi connectivity index (χ0v) is 15.5. The Morgan fingerprint density at radius 3 is 2.29 bits per heavy atom. The van der Waals surface area contributed by atoms with Crippen LogP contribution >= 0.6 is 8.69 Å². The van der Waals surface area contributed by atoms with Crippen LogP contribution in [0.25, 0.3) is 11.1 Å². The maximum atomic E-state index is 12.0. The van der Waals surface area contributed by atoms with Crippen LogP contribution in [-0.4, -0.2) is 5.97 Å². The minimum atomic E-state index is -0.627. The number of benzene rings is 2. The molecule has 0 fully saturated rings. The summed E-state index contributed by atoms with van der Waals surface area (Å²) in [5.41, 5.74) is 5.33. The van der Waals surface area contributed by atoms with Crippen LogP contribution < -0.4 is 29.6 Å². The number of hydrogen-bond donors (Lipinski definition) is 0. The van der Waals surface area contributed by atoms with Gasteiger partial charge < -0.3 is 5.95 Å². The van der Waals surface area contributed by atoms with E-state index in [9.17, 15) is 9.36 Å². The maximum absolute atomic E-state index is 12.0. The van der Waals surface area contributed by atoms with Gasteiger partial charge in [0, 0.05) is 0 Å². The molecule has 0 bridgehead atoms. The van der Waals surface area contributed by atoms with Gasteiger partial charge in [0.2, 0.25) is 0 Å². The first-order chi connectivity index (χ1) is 9.56. The van der Waals surface area contributed by atoms with Gasteiger partial charge in [0.05, 0.1) is 5.56 Å². The second-order valence-electron chi connectivity index (χ2n) is 4.70. The Kier molecular flexibility index (Phi) is 6.76. The molecular formula is C16H16NaO3P. The standard InChI is InChI=1S/C16H15O3P.Na.H/c1-10-9-11(2)15(16(17)19-20-18)12(3)14(10)13-7-5-4-6-8-13;;/h4-9H,1-3H3;;/q;+1;-1. The van der Waals surface area contributed by atoms with Crippen LogP contribution in [0.15, 0.2) is 36.4 Å². The normalized spacial score (nSPS) is 10.0. The molecule has 0 atom stereocenters. The second kappa shape index (κ2) is 7.86. The van der Waals surface area contributed by atoms with E-state index < -0.39 is 14.7 Å². The molecule has 0 aromatic heterocycles. The van der Waals surface area contributed by atoms with Gasteiger partial charge in [-0.25, -0.2) is 9.36 Å². The molecule has 3 nitrogen and oxygen atoms in total. The Morgan fingerprint density at radius 2 is 1.71 bits per heavy atom. The molecule has 0 amide bonds. The number of aryl methyl sites for hydroxylation is 2. The van der Waals surface area contributed by atoms with Crippen LogP contribution in [0.4, 0.5) is 0 Å². The quantitative estimate of drug-likeness (QED) is 0.641. The second-order valence-corrected chi connectivity index (χ2v) is 5.04. The molecule has 0 heterocycles. The third-order valence-corrected chi connectivity index (χ3v) is 3.60. The molecule has 0 saturated heterocycles. The summed E-state index contributed by atoms with van der Waals surface area (Å²) in [6.45, 7) is 5.76. The summed E-state index contributed by atoms with van der Waals surface area (Å²) in [6, 6.07) is 11.8. The predicted molar refractivity (Wildman–Crippen MR) is 80.2 cm³/mol. The van der Waals surface area contributed by atoms with Crippen molar-refractivity contribution in [3.63, 3.8) is 0 Å². The Balaban J connectivity index is 0.00000220. The Bertz CT molecular complexity index is 675. The van der Waals surface area contributed by atoms with Gasteiger partial charge in [-0.1, -0.05) is 36.4 Å². The van der Waals surface area contributed by atoms with Gasteiger partial charge in [0.1, 0.15) is 0 Å². The van der Waals surface area contributed by atoms with E-state index in [2.05, 4.69) is 4.52 Å². The van der Waals surface area contributed by atoms with Crippen LogP contribution in [-0.2, 0) is 9.09 Å². The summed E-state index contributed by atoms with van der Waals surface area (Å²) in [5.74, 6) is -0.561. The van der Waals surface area contributed by atoms with Gasteiger partial charge in [0.15, 0.2) is 0 Å². The first kappa shape index (κ1) is 18.1. The smallest absolute Gasteiger partial charge is 1.00 e. The fourth-order valence-corrected chi connectivity index (χ4v) is 2.79. The molecule has 0 unspecified atom stereocenters. The van der Waals surface area contributed by atoms with Crippen molar-refractivity contribution < 1.29 is 44.9 Å². The molecule has 0 saturated carbocycles. The molecule has 0 aliphatic rings. The van der Waals surface area contributed by atoms with E-state index in [1.807, 2.05) is 57.2 Å². The molecule has 21 heavy (non-hydrogen) atoms. The molecule has 0 N–H and O–H groups in total. The van der Waals surface area contributed by atoms with Crippen molar-refractivity contribution in [2.24, 2.45) is 0 Å². The molecule has 0 aliphatic heterocycles. The van der Waals surface area contributed by atoms with Gasteiger partial charge in [-0.2, -0.15) is 0 Å². The summed E-state index contributed by atoms with van der Waals surface area (Å²) in [6.07, 6.45) is 0. The zero-order chi connectivity index (χ0) is 14.7. The Labute approximate surface area is 149 Å². The zero-order valence-electron chi connectivity index (χ0n) is 13.6. The number of hydrogen-bond acceptors (Lipinski definition) is 3. The van der Waals surface area contributed by atoms with Crippen molar-refractivity contribution in [1.82, 2.24) is 0 Å². The monoisotopic (exact) mass is 310 g/mol. The van der Waals surface area contributed by atoms with E-state index >= 15 is 0 Å². The fraction of sp³-hybridized carbons (Fsp3) is 0.188. The van der Waals surface area contributed by atoms with E-state index in [0.717, 1.165) is 27.8 Å². The van der Waals surface area contributed by atoms with E-state index in [1.165, 1.54) is 0 Å². The molecule has 2 rings (SSSR count). The summed E-state index contributed by atoms with van der Waals surface area (Å²) in [4.78, 5) is 12.0. The molecular weight excluding hydrogens is 294 g/mol. The van der Waals surface area contributed by atoms with E-state index in [1.54, 1.807) is 0 Å². The summed E-state index contributed by atoms with van der Waals surface area (Å²) in [7, 11) is -0.627. The van der Waals surface area contributed by atoms with Crippen molar-refractivity contribution in [3.8, 4) is 11.1 Å². The van der Waals surface area contributed by atoms with E-state index in [-0.39, 0.29) is 31.0 Å². The first-order valence-electron chi connectivity index (χ1n) is 6.26. The van der Waals surface area contributed by atoms with Gasteiger partial charge in [0.25, 0.3) is 0 Å². The third-order valence-electron chi connectivity index (χ3n) is 3.36. The van der Waals surface area contributed by atoms with Crippen molar-refractivity contribution in [2.75, 3.05) is 0 Å². The van der Waals surface area contributed by atoms with Crippen LogP contribution in [0.1, 0.15) is 28.5 Å². The van der Waals surface area contributed by atoms with Crippen LogP contribution in [0.3, 0.4) is 0 Å². The molecule has 0 radical (unpaired) electrons. The van der Waals surface area contributed by atoms with Crippen molar-refractivity contribution in [1.29, 1.82) is 0 Å². The largest absolute Gasteiger partial charge is 1.00 e. The minimum absolute atomic E-state index is 0.